The first-order chi connectivity index (χ1) is 8.88. The molecule has 0 spiro atoms. The molecular formula is C16H22OS. The van der Waals surface area contributed by atoms with Crippen LogP contribution < -0.4 is 0 Å². The van der Waals surface area contributed by atoms with Gasteiger partial charge in [0.1, 0.15) is 0 Å². The summed E-state index contributed by atoms with van der Waals surface area (Å²) >= 11 is 1.53. The van der Waals surface area contributed by atoms with E-state index in [9.17, 15) is 4.79 Å². The van der Waals surface area contributed by atoms with Crippen molar-refractivity contribution in [3.05, 3.63) is 21.9 Å². The number of carbonyl (C=O) groups is 1. The van der Waals surface area contributed by atoms with Crippen LogP contribution in [0.25, 0.3) is 0 Å². The number of thiophene rings is 1. The standard InChI is InChI=1S/C16H22OS/c1-2-3-4-5-6-7-8-9-10-11-15-12-13-18-16(15)14-17/h12-14H,2-5,8-11H2,1H3. The van der Waals surface area contributed by atoms with Gasteiger partial charge in [0.25, 0.3) is 0 Å². The van der Waals surface area contributed by atoms with Gasteiger partial charge in [0.15, 0.2) is 6.29 Å². The highest BCUT2D eigenvalue weighted by atomic mass is 32.1. The molecule has 1 nitrogen and oxygen atoms in total. The van der Waals surface area contributed by atoms with E-state index in [-0.39, 0.29) is 0 Å². The molecule has 98 valence electrons. The Morgan fingerprint density at radius 1 is 1.17 bits per heavy atom. The first kappa shape index (κ1) is 15.0. The average molecular weight is 262 g/mol. The van der Waals surface area contributed by atoms with E-state index in [1.165, 1.54) is 36.2 Å². The highest BCUT2D eigenvalue weighted by Gasteiger charge is 2.01. The number of carbonyl (C=O) groups excluding carboxylic acids is 1. The fourth-order valence-electron chi connectivity index (χ4n) is 1.83. The predicted octanol–water partition coefficient (Wildman–Crippen LogP) is 4.86. The van der Waals surface area contributed by atoms with E-state index < -0.39 is 0 Å². The molecule has 0 aliphatic heterocycles. The monoisotopic (exact) mass is 262 g/mol. The number of hydrogen-bond donors (Lipinski definition) is 0. The molecule has 0 atom stereocenters. The van der Waals surface area contributed by atoms with E-state index >= 15 is 0 Å². The van der Waals surface area contributed by atoms with Gasteiger partial charge >= 0.3 is 0 Å². The van der Waals surface area contributed by atoms with Crippen LogP contribution in [-0.2, 0) is 6.42 Å². The summed E-state index contributed by atoms with van der Waals surface area (Å²) in [7, 11) is 0. The Hall–Kier alpha value is -1.07. The molecule has 1 rings (SSSR count). The molecule has 1 heterocycles. The largest absolute Gasteiger partial charge is 0.297 e. The minimum Gasteiger partial charge on any atom is -0.297 e. The summed E-state index contributed by atoms with van der Waals surface area (Å²) in [4.78, 5) is 11.6. The molecule has 0 radical (unpaired) electrons. The third-order valence-electron chi connectivity index (χ3n) is 2.92. The van der Waals surface area contributed by atoms with Crippen LogP contribution in [0.2, 0.25) is 0 Å². The summed E-state index contributed by atoms with van der Waals surface area (Å²) in [5.41, 5.74) is 1.20. The lowest BCUT2D eigenvalue weighted by Crippen LogP contribution is -1.87. The van der Waals surface area contributed by atoms with E-state index in [1.54, 1.807) is 0 Å². The number of unbranched alkanes of at least 4 members (excludes halogenated alkanes) is 5. The maximum Gasteiger partial charge on any atom is 0.160 e. The molecule has 0 N–H and O–H groups in total. The Balaban J connectivity index is 2.06. The maximum absolute atomic E-state index is 10.7. The van der Waals surface area contributed by atoms with E-state index in [1.807, 2.05) is 5.38 Å². The SMILES string of the molecule is CCCCCC#CCCCCc1ccsc1C=O. The van der Waals surface area contributed by atoms with Crippen LogP contribution in [0.3, 0.4) is 0 Å². The summed E-state index contributed by atoms with van der Waals surface area (Å²) in [5, 5.41) is 1.99. The van der Waals surface area contributed by atoms with Crippen molar-refractivity contribution in [1.29, 1.82) is 0 Å². The molecule has 2 heteroatoms. The Labute approximate surface area is 115 Å². The zero-order valence-electron chi connectivity index (χ0n) is 11.2. The zero-order valence-corrected chi connectivity index (χ0v) is 12.0. The lowest BCUT2D eigenvalue weighted by atomic mass is 10.1. The minimum atomic E-state index is 0.889. The second-order valence-electron chi connectivity index (χ2n) is 4.45. The van der Waals surface area contributed by atoms with E-state index in [2.05, 4.69) is 24.8 Å². The van der Waals surface area contributed by atoms with E-state index in [0.717, 1.165) is 43.3 Å². The van der Waals surface area contributed by atoms with Crippen molar-refractivity contribution in [2.24, 2.45) is 0 Å². The number of hydrogen-bond acceptors (Lipinski definition) is 2. The van der Waals surface area contributed by atoms with Gasteiger partial charge in [-0.3, -0.25) is 4.79 Å². The Morgan fingerprint density at radius 2 is 1.89 bits per heavy atom. The molecule has 0 bridgehead atoms. The van der Waals surface area contributed by atoms with Crippen molar-refractivity contribution in [1.82, 2.24) is 0 Å². The third kappa shape index (κ3) is 6.02. The summed E-state index contributed by atoms with van der Waals surface area (Å²) in [6.07, 6.45) is 10.1. The van der Waals surface area contributed by atoms with Gasteiger partial charge in [-0.05, 0) is 42.7 Å². The smallest absolute Gasteiger partial charge is 0.160 e. The predicted molar refractivity (Wildman–Crippen MR) is 79.2 cm³/mol. The van der Waals surface area contributed by atoms with Gasteiger partial charge in [-0.15, -0.1) is 23.2 Å². The Kier molecular flexibility index (Phi) is 8.25. The zero-order chi connectivity index (χ0) is 13.1. The highest BCUT2D eigenvalue weighted by molar-refractivity contribution is 7.11. The van der Waals surface area contributed by atoms with Crippen molar-refractivity contribution in [2.75, 3.05) is 0 Å². The Bertz CT molecular complexity index is 395. The molecule has 1 aromatic rings. The molecule has 18 heavy (non-hydrogen) atoms. The molecule has 0 aliphatic rings. The highest BCUT2D eigenvalue weighted by Crippen LogP contribution is 2.16. The second kappa shape index (κ2) is 9.91. The molecular weight excluding hydrogens is 240 g/mol. The summed E-state index contributed by atoms with van der Waals surface area (Å²) in [6, 6.07) is 2.06. The Morgan fingerprint density at radius 3 is 2.56 bits per heavy atom. The maximum atomic E-state index is 10.7. The fraction of sp³-hybridized carbons (Fsp3) is 0.562. The average Bonchev–Trinajstić information content (AvgIpc) is 2.84. The van der Waals surface area contributed by atoms with Crippen LogP contribution in [0.4, 0.5) is 0 Å². The van der Waals surface area contributed by atoms with Crippen LogP contribution >= 0.6 is 11.3 Å². The molecule has 0 aliphatic carbocycles. The normalized spacial score (nSPS) is 9.83. The fourth-order valence-corrected chi connectivity index (χ4v) is 2.58. The molecule has 0 unspecified atom stereocenters. The topological polar surface area (TPSA) is 17.1 Å². The molecule has 0 amide bonds. The van der Waals surface area contributed by atoms with Gasteiger partial charge in [-0.25, -0.2) is 0 Å². The first-order valence-corrected chi connectivity index (χ1v) is 7.73. The van der Waals surface area contributed by atoms with E-state index in [4.69, 9.17) is 0 Å². The van der Waals surface area contributed by atoms with Gasteiger partial charge in [0.05, 0.1) is 4.88 Å². The van der Waals surface area contributed by atoms with Crippen molar-refractivity contribution in [2.45, 2.75) is 58.3 Å². The summed E-state index contributed by atoms with van der Waals surface area (Å²) in [5.74, 6) is 6.47. The van der Waals surface area contributed by atoms with Crippen LogP contribution in [-0.4, -0.2) is 6.29 Å². The lowest BCUT2D eigenvalue weighted by molar-refractivity contribution is 0.112. The van der Waals surface area contributed by atoms with Gasteiger partial charge < -0.3 is 0 Å². The molecule has 0 saturated carbocycles. The van der Waals surface area contributed by atoms with Crippen LogP contribution in [0.5, 0.6) is 0 Å². The van der Waals surface area contributed by atoms with Crippen molar-refractivity contribution < 1.29 is 4.79 Å². The van der Waals surface area contributed by atoms with Gasteiger partial charge in [-0.2, -0.15) is 0 Å². The van der Waals surface area contributed by atoms with Gasteiger partial charge in [-0.1, -0.05) is 19.8 Å². The lowest BCUT2D eigenvalue weighted by Gasteiger charge is -1.97. The second-order valence-corrected chi connectivity index (χ2v) is 5.39. The quantitative estimate of drug-likeness (QED) is 0.371. The van der Waals surface area contributed by atoms with Crippen molar-refractivity contribution in [3.8, 4) is 11.8 Å². The minimum absolute atomic E-state index is 0.889. The number of aryl methyl sites for hydroxylation is 1. The summed E-state index contributed by atoms with van der Waals surface area (Å²) in [6.45, 7) is 2.21. The first-order valence-electron chi connectivity index (χ1n) is 6.85. The van der Waals surface area contributed by atoms with Crippen LogP contribution in [0.15, 0.2) is 11.4 Å². The molecule has 0 saturated heterocycles. The van der Waals surface area contributed by atoms with Crippen LogP contribution in [0.1, 0.15) is 67.1 Å². The van der Waals surface area contributed by atoms with Crippen LogP contribution in [0, 0.1) is 11.8 Å². The van der Waals surface area contributed by atoms with Gasteiger partial charge in [0.2, 0.25) is 0 Å². The van der Waals surface area contributed by atoms with Gasteiger partial charge in [0, 0.05) is 12.8 Å². The molecule has 0 fully saturated rings. The summed E-state index contributed by atoms with van der Waals surface area (Å²) < 4.78 is 0. The van der Waals surface area contributed by atoms with Crippen molar-refractivity contribution >= 4 is 17.6 Å². The van der Waals surface area contributed by atoms with Crippen molar-refractivity contribution in [3.63, 3.8) is 0 Å². The number of aldehydes is 1. The third-order valence-corrected chi connectivity index (χ3v) is 3.80. The number of rotatable bonds is 8. The molecule has 1 aromatic heterocycles. The molecule has 0 aromatic carbocycles. The van der Waals surface area contributed by atoms with E-state index in [0.29, 0.717) is 0 Å².